The lowest BCUT2D eigenvalue weighted by molar-refractivity contribution is -0.0500. The highest BCUT2D eigenvalue weighted by atomic mass is 32.2. The molecule has 0 amide bonds. The van der Waals surface area contributed by atoms with Gasteiger partial charge in [-0.15, -0.1) is 0 Å². The lowest BCUT2D eigenvalue weighted by Gasteiger charge is -2.44. The molecule has 1 heterocycles. The molecule has 8 heteroatoms. The quantitative estimate of drug-likeness (QED) is 0.121. The van der Waals surface area contributed by atoms with Gasteiger partial charge in [-0.3, -0.25) is 0 Å². The SMILES string of the molecule is O=S(=O)(Oc1ccc2c(c1)C(c1ccccc1)c1ccccc1[N+]2(c1ccccc1)c1ccccc1)C(F)(F)F. The van der Waals surface area contributed by atoms with Crippen LogP contribution in [-0.2, 0) is 10.1 Å². The number of halogens is 3. The average molecular weight is 559 g/mol. The summed E-state index contributed by atoms with van der Waals surface area (Å²) in [4.78, 5) is 0. The van der Waals surface area contributed by atoms with E-state index in [1.54, 1.807) is 6.07 Å². The predicted octanol–water partition coefficient (Wildman–Crippen LogP) is 8.71. The first-order valence-corrected chi connectivity index (χ1v) is 13.9. The maximum Gasteiger partial charge on any atom is 0.534 e. The van der Waals surface area contributed by atoms with Crippen LogP contribution in [0.5, 0.6) is 5.75 Å². The molecule has 0 spiro atoms. The van der Waals surface area contributed by atoms with Crippen molar-refractivity contribution in [1.29, 1.82) is 0 Å². The molecule has 0 saturated heterocycles. The molecule has 0 bridgehead atoms. The van der Waals surface area contributed by atoms with Gasteiger partial charge in [-0.05, 0) is 17.7 Å². The van der Waals surface area contributed by atoms with Gasteiger partial charge in [0, 0.05) is 53.4 Å². The number of hydrogen-bond acceptors (Lipinski definition) is 3. The lowest BCUT2D eigenvalue weighted by atomic mass is 9.78. The van der Waals surface area contributed by atoms with E-state index in [0.717, 1.165) is 33.9 Å². The smallest absolute Gasteiger partial charge is 0.376 e. The Bertz CT molecular complexity index is 1740. The molecule has 0 aliphatic carbocycles. The van der Waals surface area contributed by atoms with Crippen LogP contribution in [0.1, 0.15) is 22.6 Å². The zero-order valence-electron chi connectivity index (χ0n) is 21.0. The van der Waals surface area contributed by atoms with Crippen molar-refractivity contribution < 1.29 is 25.8 Å². The Morgan fingerprint density at radius 3 is 1.68 bits per heavy atom. The second kappa shape index (κ2) is 9.66. The third kappa shape index (κ3) is 4.08. The largest absolute Gasteiger partial charge is 0.534 e. The van der Waals surface area contributed by atoms with Gasteiger partial charge in [-0.25, -0.2) is 0 Å². The molecule has 200 valence electrons. The van der Waals surface area contributed by atoms with Gasteiger partial charge in [0.1, 0.15) is 17.1 Å². The molecular formula is C32H23F3NO3S+. The van der Waals surface area contributed by atoms with Crippen molar-refractivity contribution in [1.82, 2.24) is 4.48 Å². The van der Waals surface area contributed by atoms with Crippen LogP contribution in [0.3, 0.4) is 0 Å². The molecule has 0 fully saturated rings. The summed E-state index contributed by atoms with van der Waals surface area (Å²) < 4.78 is 68.4. The average Bonchev–Trinajstić information content (AvgIpc) is 2.96. The Morgan fingerprint density at radius 2 is 1.10 bits per heavy atom. The van der Waals surface area contributed by atoms with Crippen LogP contribution in [0.15, 0.2) is 133 Å². The van der Waals surface area contributed by atoms with Crippen molar-refractivity contribution in [3.05, 3.63) is 150 Å². The summed E-state index contributed by atoms with van der Waals surface area (Å²) in [5.41, 5.74) is 0.473. The normalized spacial score (nSPS) is 16.0. The van der Waals surface area contributed by atoms with E-state index in [0.29, 0.717) is 5.56 Å². The van der Waals surface area contributed by atoms with Crippen molar-refractivity contribution in [3.63, 3.8) is 0 Å². The maximum absolute atomic E-state index is 13.2. The minimum Gasteiger partial charge on any atom is -0.376 e. The number of rotatable bonds is 5. The number of benzene rings is 5. The molecule has 5 aromatic rings. The van der Waals surface area contributed by atoms with Crippen LogP contribution in [-0.4, -0.2) is 13.9 Å². The number of fused-ring (bicyclic) bond motifs is 2. The highest BCUT2D eigenvalue weighted by Gasteiger charge is 2.50. The summed E-state index contributed by atoms with van der Waals surface area (Å²) in [6, 6.07) is 41.6. The van der Waals surface area contributed by atoms with Gasteiger partial charge in [0.05, 0.1) is 0 Å². The first-order valence-electron chi connectivity index (χ1n) is 12.5. The number of nitrogens with zero attached hydrogens (tertiary/aromatic N) is 1. The van der Waals surface area contributed by atoms with Crippen LogP contribution in [0, 0.1) is 0 Å². The molecule has 0 radical (unpaired) electrons. The van der Waals surface area contributed by atoms with E-state index >= 15 is 0 Å². The highest BCUT2D eigenvalue weighted by molar-refractivity contribution is 7.88. The summed E-state index contributed by atoms with van der Waals surface area (Å²) in [7, 11) is -5.86. The zero-order valence-corrected chi connectivity index (χ0v) is 21.8. The van der Waals surface area contributed by atoms with Gasteiger partial charge in [0.25, 0.3) is 0 Å². The van der Waals surface area contributed by atoms with E-state index in [9.17, 15) is 21.6 Å². The van der Waals surface area contributed by atoms with Gasteiger partial charge < -0.3 is 4.18 Å². The van der Waals surface area contributed by atoms with Gasteiger partial charge >= 0.3 is 15.6 Å². The van der Waals surface area contributed by atoms with Crippen molar-refractivity contribution >= 4 is 32.9 Å². The number of hydrogen-bond donors (Lipinski definition) is 0. The van der Waals surface area contributed by atoms with Crippen molar-refractivity contribution in [2.75, 3.05) is 0 Å². The van der Waals surface area contributed by atoms with Crippen molar-refractivity contribution in [3.8, 4) is 5.75 Å². The van der Waals surface area contributed by atoms with E-state index in [-0.39, 0.29) is 4.48 Å². The van der Waals surface area contributed by atoms with Crippen LogP contribution in [0.25, 0.3) is 0 Å². The fourth-order valence-electron chi connectivity index (χ4n) is 5.64. The Balaban J connectivity index is 1.72. The number of alkyl halides is 3. The lowest BCUT2D eigenvalue weighted by Crippen LogP contribution is -2.38. The summed E-state index contributed by atoms with van der Waals surface area (Å²) in [6.45, 7) is 0. The third-order valence-corrected chi connectivity index (χ3v) is 8.17. The number of para-hydroxylation sites is 3. The van der Waals surface area contributed by atoms with Crippen LogP contribution in [0.2, 0.25) is 0 Å². The molecule has 1 unspecified atom stereocenters. The van der Waals surface area contributed by atoms with Crippen LogP contribution < -0.4 is 8.67 Å². The van der Waals surface area contributed by atoms with Gasteiger partial charge in [-0.2, -0.15) is 26.1 Å². The summed E-state index contributed by atoms with van der Waals surface area (Å²) >= 11 is 0. The topological polar surface area (TPSA) is 43.4 Å². The first-order chi connectivity index (χ1) is 19.2. The Labute approximate surface area is 230 Å². The molecule has 1 aliphatic heterocycles. The monoisotopic (exact) mass is 558 g/mol. The molecule has 4 nitrogen and oxygen atoms in total. The van der Waals surface area contributed by atoms with E-state index in [1.807, 2.05) is 109 Å². The fraction of sp³-hybridized carbons (Fsp3) is 0.0625. The summed E-state index contributed by atoms with van der Waals surface area (Å²) in [6.07, 6.45) is 0. The standard InChI is InChI=1S/C32H23F3NO3S/c33-32(34,35)40(37,38)39-26-20-21-30-28(22-26)31(23-12-4-1-5-13-23)27-18-10-11-19-29(27)36(30,24-14-6-2-7-15-24)25-16-8-3-9-17-25/h1-22,31H/q+1. The van der Waals surface area contributed by atoms with Crippen LogP contribution >= 0.6 is 0 Å². The maximum atomic E-state index is 13.2. The first kappa shape index (κ1) is 25.9. The molecule has 40 heavy (non-hydrogen) atoms. The second-order valence-electron chi connectivity index (χ2n) is 9.45. The molecule has 0 aromatic heterocycles. The highest BCUT2D eigenvalue weighted by Crippen LogP contribution is 2.61. The Morgan fingerprint density at radius 1 is 0.600 bits per heavy atom. The summed E-state index contributed by atoms with van der Waals surface area (Å²) in [5, 5.41) is 0. The molecule has 6 rings (SSSR count). The molecular weight excluding hydrogens is 535 g/mol. The van der Waals surface area contributed by atoms with Crippen LogP contribution in [0.4, 0.5) is 35.9 Å². The third-order valence-electron chi connectivity index (χ3n) is 7.19. The molecule has 0 N–H and O–H groups in total. The van der Waals surface area contributed by atoms with E-state index < -0.39 is 27.3 Å². The van der Waals surface area contributed by atoms with Crippen molar-refractivity contribution in [2.45, 2.75) is 11.4 Å². The predicted molar refractivity (Wildman–Crippen MR) is 150 cm³/mol. The molecule has 1 atom stereocenters. The van der Waals surface area contributed by atoms with E-state index in [1.165, 1.54) is 12.1 Å². The minimum atomic E-state index is -5.86. The molecule has 1 aliphatic rings. The molecule has 0 saturated carbocycles. The van der Waals surface area contributed by atoms with Crippen molar-refractivity contribution in [2.24, 2.45) is 0 Å². The Hall–Kier alpha value is -4.40. The fourth-order valence-corrected chi connectivity index (χ4v) is 6.09. The summed E-state index contributed by atoms with van der Waals surface area (Å²) in [5.74, 6) is -0.807. The Kier molecular flexibility index (Phi) is 6.24. The van der Waals surface area contributed by atoms with Gasteiger partial charge in [0.15, 0.2) is 11.4 Å². The van der Waals surface area contributed by atoms with Gasteiger partial charge in [0.2, 0.25) is 0 Å². The van der Waals surface area contributed by atoms with Gasteiger partial charge in [-0.1, -0.05) is 84.9 Å². The van der Waals surface area contributed by atoms with E-state index in [2.05, 4.69) is 10.2 Å². The molecule has 5 aromatic carbocycles. The minimum absolute atomic E-state index is 0.142. The van der Waals surface area contributed by atoms with E-state index in [4.69, 9.17) is 0 Å². The second-order valence-corrected chi connectivity index (χ2v) is 11.0. The zero-order chi connectivity index (χ0) is 28.0. The number of quaternary nitrogens is 1.